The molecule has 3 nitrogen and oxygen atoms in total. The number of hydrogen-bond acceptors (Lipinski definition) is 3. The van der Waals surface area contributed by atoms with Gasteiger partial charge in [0.05, 0.1) is 6.10 Å². The van der Waals surface area contributed by atoms with E-state index >= 15 is 0 Å². The fraction of sp³-hybridized carbons (Fsp3) is 0.438. The van der Waals surface area contributed by atoms with Gasteiger partial charge < -0.3 is 9.47 Å². The van der Waals surface area contributed by atoms with Crippen molar-refractivity contribution in [2.45, 2.75) is 38.9 Å². The molecular formula is C16H20O3. The standard InChI is InChI=1S/C16H20O3/c1-5-12-16(18-4,14-10-8-7-9-11-14)15(17)19-13(3)6-2/h7-11,13H,6H2,1-4H3/t13?,16-/m1/s1. The number of carbonyl (C=O) groups is 1. The van der Waals surface area contributed by atoms with Crippen molar-refractivity contribution in [3.63, 3.8) is 0 Å². The molecule has 19 heavy (non-hydrogen) atoms. The maximum atomic E-state index is 12.4. The maximum Gasteiger partial charge on any atom is 0.356 e. The van der Waals surface area contributed by atoms with Crippen molar-refractivity contribution in [2.75, 3.05) is 7.11 Å². The molecule has 0 saturated carbocycles. The summed E-state index contributed by atoms with van der Waals surface area (Å²) in [7, 11) is 1.47. The SMILES string of the molecule is CC#C[C@](OC)(C(=O)OC(C)CC)c1ccccc1. The van der Waals surface area contributed by atoms with Gasteiger partial charge >= 0.3 is 5.97 Å². The highest BCUT2D eigenvalue weighted by molar-refractivity contribution is 5.85. The summed E-state index contributed by atoms with van der Waals surface area (Å²) in [5, 5.41) is 0. The number of hydrogen-bond donors (Lipinski definition) is 0. The van der Waals surface area contributed by atoms with Crippen LogP contribution in [-0.2, 0) is 19.9 Å². The van der Waals surface area contributed by atoms with Gasteiger partial charge in [0.2, 0.25) is 0 Å². The minimum absolute atomic E-state index is 0.163. The second-order valence-corrected chi connectivity index (χ2v) is 4.25. The molecule has 0 bridgehead atoms. The van der Waals surface area contributed by atoms with Crippen molar-refractivity contribution >= 4 is 5.97 Å². The van der Waals surface area contributed by atoms with Gasteiger partial charge in [-0.1, -0.05) is 43.2 Å². The highest BCUT2D eigenvalue weighted by atomic mass is 16.6. The quantitative estimate of drug-likeness (QED) is 0.603. The van der Waals surface area contributed by atoms with Crippen LogP contribution in [0, 0.1) is 11.8 Å². The molecule has 102 valence electrons. The number of esters is 1. The summed E-state index contributed by atoms with van der Waals surface area (Å²) in [5.41, 5.74) is -0.667. The van der Waals surface area contributed by atoms with Gasteiger partial charge in [-0.25, -0.2) is 4.79 Å². The fourth-order valence-electron chi connectivity index (χ4n) is 1.69. The van der Waals surface area contributed by atoms with Gasteiger partial charge in [-0.3, -0.25) is 0 Å². The Bertz CT molecular complexity index is 470. The Morgan fingerprint density at radius 2 is 2.00 bits per heavy atom. The zero-order valence-electron chi connectivity index (χ0n) is 11.9. The summed E-state index contributed by atoms with van der Waals surface area (Å²) in [6, 6.07) is 9.19. The third kappa shape index (κ3) is 3.36. The molecule has 1 rings (SSSR count). The average Bonchev–Trinajstić information content (AvgIpc) is 2.45. The number of carbonyl (C=O) groups excluding carboxylic acids is 1. The summed E-state index contributed by atoms with van der Waals surface area (Å²) >= 11 is 0. The molecule has 2 atom stereocenters. The van der Waals surface area contributed by atoms with Crippen LogP contribution in [0.3, 0.4) is 0 Å². The van der Waals surface area contributed by atoms with Gasteiger partial charge in [0.25, 0.3) is 5.60 Å². The monoisotopic (exact) mass is 260 g/mol. The normalized spacial score (nSPS) is 14.7. The van der Waals surface area contributed by atoms with Crippen LogP contribution in [0.5, 0.6) is 0 Å². The zero-order chi connectivity index (χ0) is 14.3. The first-order chi connectivity index (χ1) is 9.10. The fourth-order valence-corrected chi connectivity index (χ4v) is 1.69. The van der Waals surface area contributed by atoms with E-state index in [0.29, 0.717) is 5.56 Å². The maximum absolute atomic E-state index is 12.4. The number of rotatable bonds is 5. The highest BCUT2D eigenvalue weighted by Gasteiger charge is 2.41. The Morgan fingerprint density at radius 1 is 1.37 bits per heavy atom. The Balaban J connectivity index is 3.19. The molecule has 0 saturated heterocycles. The molecule has 0 N–H and O–H groups in total. The third-order valence-electron chi connectivity index (χ3n) is 2.96. The van der Waals surface area contributed by atoms with E-state index < -0.39 is 11.6 Å². The molecule has 0 heterocycles. The lowest BCUT2D eigenvalue weighted by Gasteiger charge is -2.26. The Morgan fingerprint density at radius 3 is 2.47 bits per heavy atom. The summed E-state index contributed by atoms with van der Waals surface area (Å²) in [5.74, 6) is 5.13. The Kier molecular flexibility index (Phi) is 5.59. The van der Waals surface area contributed by atoms with Crippen molar-refractivity contribution in [3.8, 4) is 11.8 Å². The smallest absolute Gasteiger partial charge is 0.356 e. The van der Waals surface area contributed by atoms with Crippen molar-refractivity contribution in [2.24, 2.45) is 0 Å². The first-order valence-corrected chi connectivity index (χ1v) is 6.36. The number of methoxy groups -OCH3 is 1. The Labute approximate surface area is 114 Å². The lowest BCUT2D eigenvalue weighted by Crippen LogP contribution is -2.39. The lowest BCUT2D eigenvalue weighted by atomic mass is 9.94. The molecule has 0 aliphatic heterocycles. The minimum Gasteiger partial charge on any atom is -0.460 e. The van der Waals surface area contributed by atoms with E-state index in [1.54, 1.807) is 6.92 Å². The topological polar surface area (TPSA) is 35.5 Å². The summed E-state index contributed by atoms with van der Waals surface area (Å²) in [6.07, 6.45) is 0.587. The summed E-state index contributed by atoms with van der Waals surface area (Å²) in [6.45, 7) is 5.48. The van der Waals surface area contributed by atoms with Gasteiger partial charge in [-0.2, -0.15) is 0 Å². The van der Waals surface area contributed by atoms with Crippen molar-refractivity contribution < 1.29 is 14.3 Å². The molecule has 0 spiro atoms. The van der Waals surface area contributed by atoms with Gasteiger partial charge in [0.15, 0.2) is 0 Å². The van der Waals surface area contributed by atoms with E-state index in [9.17, 15) is 4.79 Å². The van der Waals surface area contributed by atoms with Gasteiger partial charge in [0, 0.05) is 12.7 Å². The van der Waals surface area contributed by atoms with Crippen LogP contribution >= 0.6 is 0 Å². The molecule has 1 unspecified atom stereocenters. The van der Waals surface area contributed by atoms with Crippen LogP contribution in [-0.4, -0.2) is 19.2 Å². The van der Waals surface area contributed by atoms with Crippen LogP contribution in [0.4, 0.5) is 0 Å². The van der Waals surface area contributed by atoms with Crippen molar-refractivity contribution in [1.29, 1.82) is 0 Å². The van der Waals surface area contributed by atoms with Gasteiger partial charge in [-0.05, 0) is 20.3 Å². The van der Waals surface area contributed by atoms with Crippen LogP contribution in [0.2, 0.25) is 0 Å². The van der Waals surface area contributed by atoms with Crippen molar-refractivity contribution in [1.82, 2.24) is 0 Å². The molecule has 0 amide bonds. The predicted octanol–water partition coefficient (Wildman–Crippen LogP) is 2.89. The van der Waals surface area contributed by atoms with Gasteiger partial charge in [-0.15, -0.1) is 5.92 Å². The number of ether oxygens (including phenoxy) is 2. The molecule has 0 aliphatic carbocycles. The second kappa shape index (κ2) is 6.96. The largest absolute Gasteiger partial charge is 0.460 e. The first kappa shape index (κ1) is 15.3. The van der Waals surface area contributed by atoms with E-state index in [1.165, 1.54) is 7.11 Å². The number of benzene rings is 1. The predicted molar refractivity (Wildman–Crippen MR) is 74.4 cm³/mol. The van der Waals surface area contributed by atoms with E-state index in [-0.39, 0.29) is 6.10 Å². The molecule has 1 aromatic rings. The zero-order valence-corrected chi connectivity index (χ0v) is 11.9. The minimum atomic E-state index is -1.35. The highest BCUT2D eigenvalue weighted by Crippen LogP contribution is 2.27. The molecule has 0 fully saturated rings. The van der Waals surface area contributed by atoms with Crippen molar-refractivity contribution in [3.05, 3.63) is 35.9 Å². The summed E-state index contributed by atoms with van der Waals surface area (Å²) < 4.78 is 10.8. The molecule has 0 aromatic heterocycles. The van der Waals surface area contributed by atoms with Gasteiger partial charge in [0.1, 0.15) is 0 Å². The molecule has 3 heteroatoms. The van der Waals surface area contributed by atoms with E-state index in [1.807, 2.05) is 44.2 Å². The Hall–Kier alpha value is -1.79. The van der Waals surface area contributed by atoms with E-state index in [4.69, 9.17) is 9.47 Å². The molecule has 0 radical (unpaired) electrons. The molecule has 0 aliphatic rings. The lowest BCUT2D eigenvalue weighted by molar-refractivity contribution is -0.168. The van der Waals surface area contributed by atoms with Crippen LogP contribution in [0.15, 0.2) is 30.3 Å². The first-order valence-electron chi connectivity index (χ1n) is 6.36. The van der Waals surface area contributed by atoms with Crippen LogP contribution in [0.1, 0.15) is 32.8 Å². The average molecular weight is 260 g/mol. The second-order valence-electron chi connectivity index (χ2n) is 4.25. The van der Waals surface area contributed by atoms with E-state index in [2.05, 4.69) is 11.8 Å². The van der Waals surface area contributed by atoms with Crippen LogP contribution < -0.4 is 0 Å². The van der Waals surface area contributed by atoms with E-state index in [0.717, 1.165) is 6.42 Å². The molecular weight excluding hydrogens is 240 g/mol. The van der Waals surface area contributed by atoms with Crippen LogP contribution in [0.25, 0.3) is 0 Å². The summed E-state index contributed by atoms with van der Waals surface area (Å²) in [4.78, 5) is 12.4. The molecule has 1 aromatic carbocycles. The third-order valence-corrected chi connectivity index (χ3v) is 2.96.